The van der Waals surface area contributed by atoms with Gasteiger partial charge < -0.3 is 26.3 Å². The zero-order chi connectivity index (χ0) is 24.3. The minimum atomic E-state index is -0.632. The Morgan fingerprint density at radius 3 is 2.41 bits per heavy atom. The average molecular weight is 464 g/mol. The van der Waals surface area contributed by atoms with Crippen molar-refractivity contribution in [2.75, 3.05) is 20.0 Å². The number of nitrogen functional groups attached to an aromatic ring is 1. The van der Waals surface area contributed by atoms with E-state index in [-0.39, 0.29) is 22.9 Å². The smallest absolute Gasteiger partial charge is 0.255 e. The number of ether oxygens (including phenoxy) is 2. The van der Waals surface area contributed by atoms with Crippen LogP contribution in [-0.2, 0) is 17.8 Å². The number of methoxy groups -OCH3 is 2. The van der Waals surface area contributed by atoms with Crippen LogP contribution in [0.4, 0.5) is 5.82 Å². The fraction of sp³-hybridized carbons (Fsp3) is 0.320. The largest absolute Gasteiger partial charge is 0.496 e. The number of benzene rings is 2. The molecule has 178 valence electrons. The molecule has 1 saturated carbocycles. The van der Waals surface area contributed by atoms with Crippen molar-refractivity contribution in [3.8, 4) is 17.0 Å². The first-order valence-electron chi connectivity index (χ1n) is 11.1. The van der Waals surface area contributed by atoms with Crippen LogP contribution in [0.2, 0.25) is 0 Å². The Balaban J connectivity index is 1.51. The minimum Gasteiger partial charge on any atom is -0.496 e. The topological polar surface area (TPSA) is 134 Å². The number of amides is 2. The number of primary amides is 1. The summed E-state index contributed by atoms with van der Waals surface area (Å²) < 4.78 is 12.5. The second-order valence-electron chi connectivity index (χ2n) is 8.45. The molecule has 0 unspecified atom stereocenters. The van der Waals surface area contributed by atoms with E-state index in [9.17, 15) is 9.59 Å². The van der Waals surface area contributed by atoms with E-state index in [1.54, 1.807) is 30.0 Å². The third kappa shape index (κ3) is 4.47. The standard InChI is InChI=1S/C25H29N5O4/c1-33-19-7-4-3-6-18(19)24(32)28-14-16-8-10-17(11-9-16)21-20(23(27)31)22(26)30(29-21)15-25(34-2)12-5-13-25/h3-4,6-11H,5,12-15,26H2,1-2H3,(H2,27,31)(H,28,32). The fourth-order valence-corrected chi connectivity index (χ4v) is 4.20. The van der Waals surface area contributed by atoms with Crippen LogP contribution in [0.5, 0.6) is 5.75 Å². The van der Waals surface area contributed by atoms with Crippen LogP contribution in [0.3, 0.4) is 0 Å². The number of carbonyl (C=O) groups is 2. The number of nitrogens with two attached hydrogens (primary N) is 2. The highest BCUT2D eigenvalue weighted by molar-refractivity contribution is 6.03. The molecule has 9 heteroatoms. The molecule has 2 amide bonds. The highest BCUT2D eigenvalue weighted by atomic mass is 16.5. The van der Waals surface area contributed by atoms with E-state index in [0.29, 0.717) is 35.7 Å². The van der Waals surface area contributed by atoms with Gasteiger partial charge in [0.2, 0.25) is 0 Å². The van der Waals surface area contributed by atoms with Gasteiger partial charge in [0, 0.05) is 19.2 Å². The first kappa shape index (κ1) is 23.3. The van der Waals surface area contributed by atoms with Crippen LogP contribution in [-0.4, -0.2) is 41.4 Å². The summed E-state index contributed by atoms with van der Waals surface area (Å²) in [5.41, 5.74) is 14.3. The molecule has 0 atom stereocenters. The molecule has 2 aromatic carbocycles. The summed E-state index contributed by atoms with van der Waals surface area (Å²) in [6.07, 6.45) is 2.91. The summed E-state index contributed by atoms with van der Waals surface area (Å²) >= 11 is 0. The predicted molar refractivity (Wildman–Crippen MR) is 128 cm³/mol. The number of carbonyl (C=O) groups excluding carboxylic acids is 2. The maximum atomic E-state index is 12.5. The number of hydrogen-bond donors (Lipinski definition) is 3. The fourth-order valence-electron chi connectivity index (χ4n) is 4.20. The van der Waals surface area contributed by atoms with Crippen LogP contribution in [0.15, 0.2) is 48.5 Å². The molecule has 0 bridgehead atoms. The van der Waals surface area contributed by atoms with E-state index in [1.807, 2.05) is 30.3 Å². The number of nitrogens with one attached hydrogen (secondary N) is 1. The monoisotopic (exact) mass is 463 g/mol. The Hall–Kier alpha value is -3.85. The Morgan fingerprint density at radius 2 is 1.82 bits per heavy atom. The summed E-state index contributed by atoms with van der Waals surface area (Å²) in [5.74, 6) is -0.113. The van der Waals surface area contributed by atoms with Crippen LogP contribution >= 0.6 is 0 Å². The minimum absolute atomic E-state index is 0.197. The molecule has 3 aromatic rings. The third-order valence-corrected chi connectivity index (χ3v) is 6.41. The van der Waals surface area contributed by atoms with Crippen molar-refractivity contribution in [3.05, 3.63) is 65.2 Å². The zero-order valence-corrected chi connectivity index (χ0v) is 19.3. The van der Waals surface area contributed by atoms with Crippen molar-refractivity contribution in [1.29, 1.82) is 0 Å². The van der Waals surface area contributed by atoms with E-state index in [0.717, 1.165) is 24.8 Å². The Labute approximate surface area is 198 Å². The number of aromatic nitrogens is 2. The molecule has 5 N–H and O–H groups in total. The van der Waals surface area contributed by atoms with Gasteiger partial charge in [-0.3, -0.25) is 9.59 Å². The lowest BCUT2D eigenvalue weighted by Gasteiger charge is -2.40. The van der Waals surface area contributed by atoms with Crippen molar-refractivity contribution in [2.45, 2.75) is 38.0 Å². The van der Waals surface area contributed by atoms with Crippen molar-refractivity contribution in [1.82, 2.24) is 15.1 Å². The summed E-state index contributed by atoms with van der Waals surface area (Å²) in [6, 6.07) is 14.4. The first-order chi connectivity index (χ1) is 16.4. The van der Waals surface area contributed by atoms with Gasteiger partial charge in [-0.2, -0.15) is 5.10 Å². The van der Waals surface area contributed by atoms with Gasteiger partial charge in [0.05, 0.1) is 24.8 Å². The molecule has 0 aliphatic heterocycles. The van der Waals surface area contributed by atoms with Crippen molar-refractivity contribution in [3.63, 3.8) is 0 Å². The van der Waals surface area contributed by atoms with Gasteiger partial charge in [-0.1, -0.05) is 36.4 Å². The van der Waals surface area contributed by atoms with Gasteiger partial charge in [0.1, 0.15) is 22.8 Å². The molecule has 1 aliphatic carbocycles. The van der Waals surface area contributed by atoms with Crippen molar-refractivity contribution >= 4 is 17.6 Å². The van der Waals surface area contributed by atoms with Gasteiger partial charge in [-0.05, 0) is 37.0 Å². The third-order valence-electron chi connectivity index (χ3n) is 6.41. The molecular weight excluding hydrogens is 434 g/mol. The van der Waals surface area contributed by atoms with Crippen molar-refractivity contribution < 1.29 is 19.1 Å². The summed E-state index contributed by atoms with van der Waals surface area (Å²) in [6.45, 7) is 0.787. The number of para-hydroxylation sites is 1. The van der Waals surface area contributed by atoms with Crippen LogP contribution in [0.1, 0.15) is 45.5 Å². The highest BCUT2D eigenvalue weighted by Gasteiger charge is 2.39. The van der Waals surface area contributed by atoms with E-state index < -0.39 is 5.91 Å². The number of anilines is 1. The molecule has 34 heavy (non-hydrogen) atoms. The predicted octanol–water partition coefficient (Wildman–Crippen LogP) is 2.74. The quantitative estimate of drug-likeness (QED) is 0.447. The lowest BCUT2D eigenvalue weighted by molar-refractivity contribution is -0.0851. The number of nitrogens with zero attached hydrogens (tertiary/aromatic N) is 2. The SMILES string of the molecule is COc1ccccc1C(=O)NCc1ccc(-c2nn(CC3(OC)CCC3)c(N)c2C(N)=O)cc1. The molecule has 1 fully saturated rings. The van der Waals surface area contributed by atoms with Gasteiger partial charge in [0.25, 0.3) is 11.8 Å². The van der Waals surface area contributed by atoms with E-state index >= 15 is 0 Å². The molecule has 1 heterocycles. The van der Waals surface area contributed by atoms with E-state index in [2.05, 4.69) is 10.4 Å². The van der Waals surface area contributed by atoms with Gasteiger partial charge in [-0.25, -0.2) is 4.68 Å². The lowest BCUT2D eigenvalue weighted by Crippen LogP contribution is -2.43. The van der Waals surface area contributed by atoms with Gasteiger partial charge in [-0.15, -0.1) is 0 Å². The normalized spacial score (nSPS) is 14.3. The number of rotatable bonds is 9. The van der Waals surface area contributed by atoms with Gasteiger partial charge >= 0.3 is 0 Å². The highest BCUT2D eigenvalue weighted by Crippen LogP contribution is 2.38. The van der Waals surface area contributed by atoms with Crippen LogP contribution < -0.4 is 21.5 Å². The maximum absolute atomic E-state index is 12.5. The second kappa shape index (κ2) is 9.56. The lowest BCUT2D eigenvalue weighted by atomic mass is 9.80. The molecule has 9 nitrogen and oxygen atoms in total. The summed E-state index contributed by atoms with van der Waals surface area (Å²) in [5, 5.41) is 7.50. The Kier molecular flexibility index (Phi) is 6.56. The molecular formula is C25H29N5O4. The average Bonchev–Trinajstić information content (AvgIpc) is 3.16. The van der Waals surface area contributed by atoms with Gasteiger partial charge in [0.15, 0.2) is 0 Å². The van der Waals surface area contributed by atoms with Crippen LogP contribution in [0, 0.1) is 0 Å². The maximum Gasteiger partial charge on any atom is 0.255 e. The number of hydrogen-bond acceptors (Lipinski definition) is 6. The Bertz CT molecular complexity index is 1190. The molecule has 1 aliphatic rings. The molecule has 0 saturated heterocycles. The molecule has 0 spiro atoms. The van der Waals surface area contributed by atoms with E-state index in [4.69, 9.17) is 20.9 Å². The molecule has 0 radical (unpaired) electrons. The van der Waals surface area contributed by atoms with Crippen molar-refractivity contribution in [2.24, 2.45) is 5.73 Å². The first-order valence-corrected chi connectivity index (χ1v) is 11.1. The summed E-state index contributed by atoms with van der Waals surface area (Å²) in [7, 11) is 3.21. The van der Waals surface area contributed by atoms with E-state index in [1.165, 1.54) is 7.11 Å². The second-order valence-corrected chi connectivity index (χ2v) is 8.45. The summed E-state index contributed by atoms with van der Waals surface area (Å²) in [4.78, 5) is 24.7. The molecule has 4 rings (SSSR count). The Morgan fingerprint density at radius 1 is 1.12 bits per heavy atom. The molecule has 1 aromatic heterocycles. The van der Waals surface area contributed by atoms with Crippen LogP contribution in [0.25, 0.3) is 11.3 Å². The zero-order valence-electron chi connectivity index (χ0n) is 19.3.